The van der Waals surface area contributed by atoms with Gasteiger partial charge in [-0.25, -0.2) is 0 Å². The number of hydrogen-bond donors (Lipinski definition) is 1. The lowest BCUT2D eigenvalue weighted by Crippen LogP contribution is -2.15. The van der Waals surface area contributed by atoms with Crippen molar-refractivity contribution in [3.8, 4) is 17.2 Å². The normalized spacial score (nSPS) is 13.2. The van der Waals surface area contributed by atoms with E-state index in [9.17, 15) is 25.0 Å². The third-order valence-corrected chi connectivity index (χ3v) is 9.89. The van der Waals surface area contributed by atoms with Crippen LogP contribution in [-0.2, 0) is 0 Å². The maximum Gasteiger partial charge on any atom is 0.278 e. The molecule has 0 heterocycles. The van der Waals surface area contributed by atoms with Gasteiger partial charge in [-0.2, -0.15) is 0 Å². The van der Waals surface area contributed by atoms with E-state index in [0.29, 0.717) is 72.6 Å². The maximum absolute atomic E-state index is 13.8. The molecule has 0 radical (unpaired) electrons. The van der Waals surface area contributed by atoms with Gasteiger partial charge >= 0.3 is 0 Å². The van der Waals surface area contributed by atoms with Crippen LogP contribution in [0.2, 0.25) is 0 Å². The fraction of sp³-hybridized carbons (Fsp3) is 0.698. The van der Waals surface area contributed by atoms with Crippen LogP contribution in [0.1, 0.15) is 150 Å². The minimum atomic E-state index is -0.731. The number of nitrogens with one attached hydrogen (secondary N) is 1. The number of hydrogen-bond acceptors (Lipinski definition) is 8. The van der Waals surface area contributed by atoms with E-state index in [1.54, 1.807) is 12.1 Å². The van der Waals surface area contributed by atoms with E-state index < -0.39 is 27.1 Å². The monoisotopic (exact) mass is 756 g/mol. The van der Waals surface area contributed by atoms with E-state index >= 15 is 0 Å². The minimum absolute atomic E-state index is 0.0666. The molecule has 54 heavy (non-hydrogen) atoms. The number of nitro benzene ring substituents is 2. The first-order chi connectivity index (χ1) is 25.5. The minimum Gasteiger partial charge on any atom is -0.490 e. The van der Waals surface area contributed by atoms with Gasteiger partial charge in [-0.05, 0) is 66.9 Å². The molecule has 0 saturated heterocycles. The number of anilines is 1. The van der Waals surface area contributed by atoms with Crippen molar-refractivity contribution in [3.05, 3.63) is 56.1 Å². The molecule has 1 N–H and O–H groups in total. The van der Waals surface area contributed by atoms with Gasteiger partial charge in [-0.3, -0.25) is 25.0 Å². The van der Waals surface area contributed by atoms with E-state index in [4.69, 9.17) is 14.2 Å². The summed E-state index contributed by atoms with van der Waals surface area (Å²) in [6.07, 6.45) is 12.8. The van der Waals surface area contributed by atoms with Gasteiger partial charge in [-0.1, -0.05) is 120 Å². The molecular weight excluding hydrogens is 686 g/mol. The van der Waals surface area contributed by atoms with Gasteiger partial charge in [0, 0.05) is 17.7 Å². The first-order valence-electron chi connectivity index (χ1n) is 20.4. The molecule has 304 valence electrons. The van der Waals surface area contributed by atoms with Crippen LogP contribution in [0.15, 0.2) is 30.3 Å². The highest BCUT2D eigenvalue weighted by atomic mass is 16.6. The zero-order chi connectivity index (χ0) is 40.2. The summed E-state index contributed by atoms with van der Waals surface area (Å²) in [6, 6.07) is 6.26. The molecule has 0 aliphatic heterocycles. The molecule has 2 aromatic carbocycles. The number of carbonyl (C=O) groups is 1. The summed E-state index contributed by atoms with van der Waals surface area (Å²) >= 11 is 0. The van der Waals surface area contributed by atoms with Crippen LogP contribution in [-0.4, -0.2) is 35.6 Å². The van der Waals surface area contributed by atoms with E-state index in [0.717, 1.165) is 69.6 Å². The van der Waals surface area contributed by atoms with Crippen molar-refractivity contribution in [3.63, 3.8) is 0 Å². The molecule has 11 nitrogen and oxygen atoms in total. The largest absolute Gasteiger partial charge is 0.490 e. The molecule has 0 aliphatic rings. The number of benzene rings is 2. The van der Waals surface area contributed by atoms with E-state index in [2.05, 4.69) is 67.6 Å². The van der Waals surface area contributed by atoms with Gasteiger partial charge in [0.1, 0.15) is 0 Å². The van der Waals surface area contributed by atoms with E-state index in [1.165, 1.54) is 25.7 Å². The number of amides is 1. The molecule has 0 aromatic heterocycles. The van der Waals surface area contributed by atoms with E-state index in [-0.39, 0.29) is 11.3 Å². The van der Waals surface area contributed by atoms with Crippen LogP contribution < -0.4 is 19.5 Å². The quantitative estimate of drug-likeness (QED) is 0.0667. The van der Waals surface area contributed by atoms with Crippen LogP contribution in [0.25, 0.3) is 0 Å². The lowest BCUT2D eigenvalue weighted by molar-refractivity contribution is -0.394. The van der Waals surface area contributed by atoms with Crippen molar-refractivity contribution in [1.82, 2.24) is 0 Å². The van der Waals surface area contributed by atoms with E-state index in [1.807, 2.05) is 0 Å². The van der Waals surface area contributed by atoms with Crippen molar-refractivity contribution >= 4 is 23.0 Å². The average Bonchev–Trinajstić information content (AvgIpc) is 3.08. The fourth-order valence-electron chi connectivity index (χ4n) is 6.30. The summed E-state index contributed by atoms with van der Waals surface area (Å²) in [4.78, 5) is 35.3. The van der Waals surface area contributed by atoms with Gasteiger partial charge in [0.2, 0.25) is 5.75 Å². The number of non-ortho nitro benzene ring substituents is 2. The summed E-state index contributed by atoms with van der Waals surface area (Å²) in [6.45, 7) is 21.4. The second-order valence-corrected chi connectivity index (χ2v) is 16.7. The molecule has 0 fully saturated rings. The average molecular weight is 756 g/mol. The summed E-state index contributed by atoms with van der Waals surface area (Å²) in [5, 5.41) is 25.6. The first-order valence-corrected chi connectivity index (χ1v) is 20.4. The molecule has 0 bridgehead atoms. The highest BCUT2D eigenvalue weighted by molar-refractivity contribution is 6.05. The van der Waals surface area contributed by atoms with Crippen LogP contribution in [0, 0.1) is 55.7 Å². The topological polar surface area (TPSA) is 143 Å². The van der Waals surface area contributed by atoms with Crippen LogP contribution in [0.4, 0.5) is 17.1 Å². The highest BCUT2D eigenvalue weighted by Crippen LogP contribution is 2.40. The number of nitro groups is 2. The Bertz CT molecular complexity index is 1360. The first kappa shape index (κ1) is 46.3. The number of nitrogens with zero attached hydrogens (tertiary/aromatic N) is 2. The Kier molecular flexibility index (Phi) is 21.0. The number of carbonyl (C=O) groups excluding carboxylic acids is 1. The van der Waals surface area contributed by atoms with Gasteiger partial charge < -0.3 is 19.5 Å². The molecule has 0 saturated carbocycles. The molecule has 11 heteroatoms. The molecule has 2 rings (SSSR count). The summed E-state index contributed by atoms with van der Waals surface area (Å²) < 4.78 is 19.3. The van der Waals surface area contributed by atoms with Gasteiger partial charge in [0.15, 0.2) is 11.5 Å². The third kappa shape index (κ3) is 18.4. The summed E-state index contributed by atoms with van der Waals surface area (Å²) in [5.41, 5.74) is -0.888. The Morgan fingerprint density at radius 1 is 0.556 bits per heavy atom. The molecular formula is C43H69N3O8. The molecule has 0 unspecified atom stereocenters. The van der Waals surface area contributed by atoms with Crippen molar-refractivity contribution in [2.75, 3.05) is 25.1 Å². The maximum atomic E-state index is 13.8. The van der Waals surface area contributed by atoms with Crippen molar-refractivity contribution in [2.45, 2.75) is 139 Å². The lowest BCUT2D eigenvalue weighted by atomic mass is 9.97. The smallest absolute Gasteiger partial charge is 0.278 e. The predicted octanol–water partition coefficient (Wildman–Crippen LogP) is 12.4. The Balaban J connectivity index is 2.43. The van der Waals surface area contributed by atoms with Gasteiger partial charge in [0.05, 0.1) is 41.4 Å². The summed E-state index contributed by atoms with van der Waals surface area (Å²) in [7, 11) is 0. The second kappa shape index (κ2) is 24.5. The second-order valence-electron chi connectivity index (χ2n) is 16.7. The van der Waals surface area contributed by atoms with Crippen LogP contribution in [0.3, 0.4) is 0 Å². The highest BCUT2D eigenvalue weighted by Gasteiger charge is 2.23. The SMILES string of the molecule is CC(C)CCC[C@H](C)CCOc1cc(C(=O)Nc2cc([N+](=O)[O-])cc([N+](=O)[O-])c2)cc(OCC[C@@H](C)CCCC(C)C)c1OCC[C@@H](C)CCCC(C)C. The van der Waals surface area contributed by atoms with Crippen LogP contribution >= 0.6 is 0 Å². The van der Waals surface area contributed by atoms with Gasteiger partial charge in [-0.15, -0.1) is 0 Å². The Morgan fingerprint density at radius 2 is 0.926 bits per heavy atom. The number of rotatable bonds is 28. The van der Waals surface area contributed by atoms with Crippen molar-refractivity contribution < 1.29 is 28.9 Å². The molecule has 3 atom stereocenters. The standard InChI is InChI=1S/C43H69N3O8/c1-30(2)13-10-16-33(7)19-22-52-40-25-36(43(47)44-37-27-38(45(48)49)29-39(28-37)46(50)51)26-41(53-23-20-34(8)17-11-14-31(3)4)42(40)54-24-21-35(9)18-12-15-32(5)6/h25-35H,10-24H2,1-9H3,(H,44,47)/t33-,34-,35-/m0/s1. The van der Waals surface area contributed by atoms with Gasteiger partial charge in [0.25, 0.3) is 17.3 Å². The zero-order valence-electron chi connectivity index (χ0n) is 34.6. The van der Waals surface area contributed by atoms with Crippen LogP contribution in [0.5, 0.6) is 17.2 Å². The fourth-order valence-corrected chi connectivity index (χ4v) is 6.30. The lowest BCUT2D eigenvalue weighted by Gasteiger charge is -2.21. The molecule has 2 aromatic rings. The molecule has 1 amide bonds. The molecule has 0 spiro atoms. The Labute approximate surface area is 324 Å². The third-order valence-electron chi connectivity index (χ3n) is 9.89. The predicted molar refractivity (Wildman–Crippen MR) is 218 cm³/mol. The summed E-state index contributed by atoms with van der Waals surface area (Å²) in [5.74, 6) is 3.97. The zero-order valence-corrected chi connectivity index (χ0v) is 34.6. The Morgan fingerprint density at radius 3 is 1.28 bits per heavy atom. The molecule has 0 aliphatic carbocycles. The van der Waals surface area contributed by atoms with Crippen molar-refractivity contribution in [2.24, 2.45) is 35.5 Å². The number of ether oxygens (including phenoxy) is 3. The van der Waals surface area contributed by atoms with Crippen molar-refractivity contribution in [1.29, 1.82) is 0 Å². The Hall–Kier alpha value is -3.89.